The highest BCUT2D eigenvalue weighted by atomic mass is 15.5. The molecule has 0 fully saturated rings. The molecule has 21 heavy (non-hydrogen) atoms. The second-order valence-electron chi connectivity index (χ2n) is 5.46. The Balaban J connectivity index is 1.71. The SMILES string of the molecule is Cc1nc2ccc(N3CCCc4c(cnn4C)C3)nn2n1. The van der Waals surface area contributed by atoms with Crippen molar-refractivity contribution in [1.82, 2.24) is 29.6 Å². The third kappa shape index (κ3) is 2.05. The van der Waals surface area contributed by atoms with Crippen LogP contribution in [0.4, 0.5) is 5.82 Å². The van der Waals surface area contributed by atoms with Crippen LogP contribution in [-0.4, -0.2) is 36.1 Å². The van der Waals surface area contributed by atoms with Gasteiger partial charge in [-0.1, -0.05) is 0 Å². The summed E-state index contributed by atoms with van der Waals surface area (Å²) in [6.45, 7) is 3.71. The highest BCUT2D eigenvalue weighted by molar-refractivity contribution is 5.46. The number of rotatable bonds is 1. The molecule has 0 bridgehead atoms. The van der Waals surface area contributed by atoms with Crippen LogP contribution in [0.25, 0.3) is 5.65 Å². The number of nitrogens with zero attached hydrogens (tertiary/aromatic N) is 7. The summed E-state index contributed by atoms with van der Waals surface area (Å²) in [7, 11) is 2.01. The van der Waals surface area contributed by atoms with Crippen molar-refractivity contribution in [3.05, 3.63) is 35.4 Å². The second kappa shape index (κ2) is 4.54. The summed E-state index contributed by atoms with van der Waals surface area (Å²) >= 11 is 0. The van der Waals surface area contributed by atoms with Crippen LogP contribution in [0, 0.1) is 6.92 Å². The lowest BCUT2D eigenvalue weighted by Gasteiger charge is -2.20. The molecular formula is C14H17N7. The van der Waals surface area contributed by atoms with Crippen LogP contribution in [0.15, 0.2) is 18.3 Å². The van der Waals surface area contributed by atoms with E-state index in [1.807, 2.05) is 37.0 Å². The van der Waals surface area contributed by atoms with E-state index in [0.717, 1.165) is 43.2 Å². The standard InChI is InChI=1S/C14H17N7/c1-10-16-13-5-6-14(18-21(13)17-10)20-7-3-4-12-11(9-20)8-15-19(12)2/h5-6,8H,3-4,7,9H2,1-2H3. The van der Waals surface area contributed by atoms with E-state index in [1.165, 1.54) is 11.3 Å². The molecule has 0 N–H and O–H groups in total. The zero-order chi connectivity index (χ0) is 14.4. The summed E-state index contributed by atoms with van der Waals surface area (Å²) in [6, 6.07) is 3.99. The molecule has 0 aromatic carbocycles. The predicted octanol–water partition coefficient (Wildman–Crippen LogP) is 1.12. The molecule has 0 amide bonds. The van der Waals surface area contributed by atoms with E-state index in [-0.39, 0.29) is 0 Å². The number of aryl methyl sites for hydroxylation is 2. The molecule has 0 aliphatic carbocycles. The monoisotopic (exact) mass is 283 g/mol. The van der Waals surface area contributed by atoms with Crippen molar-refractivity contribution in [3.63, 3.8) is 0 Å². The van der Waals surface area contributed by atoms with Gasteiger partial charge in [-0.25, -0.2) is 4.98 Å². The summed E-state index contributed by atoms with van der Waals surface area (Å²) < 4.78 is 3.59. The van der Waals surface area contributed by atoms with Gasteiger partial charge in [0.2, 0.25) is 0 Å². The molecule has 0 spiro atoms. The Morgan fingerprint density at radius 3 is 3.00 bits per heavy atom. The average molecular weight is 283 g/mol. The van der Waals surface area contributed by atoms with Gasteiger partial charge >= 0.3 is 0 Å². The first kappa shape index (κ1) is 12.3. The summed E-state index contributed by atoms with van der Waals surface area (Å²) in [5.74, 6) is 1.68. The number of hydrogen-bond acceptors (Lipinski definition) is 5. The van der Waals surface area contributed by atoms with Gasteiger partial charge in [-0.15, -0.1) is 14.8 Å². The molecule has 3 aromatic heterocycles. The molecule has 108 valence electrons. The zero-order valence-corrected chi connectivity index (χ0v) is 12.2. The molecule has 3 aromatic rings. The molecular weight excluding hydrogens is 266 g/mol. The van der Waals surface area contributed by atoms with Crippen molar-refractivity contribution in [2.24, 2.45) is 7.05 Å². The molecule has 0 radical (unpaired) electrons. The molecule has 0 saturated heterocycles. The highest BCUT2D eigenvalue weighted by Crippen LogP contribution is 2.22. The Kier molecular flexibility index (Phi) is 2.66. The molecule has 7 heteroatoms. The molecule has 0 unspecified atom stereocenters. The zero-order valence-electron chi connectivity index (χ0n) is 12.2. The third-order valence-corrected chi connectivity index (χ3v) is 3.97. The fraction of sp³-hybridized carbons (Fsp3) is 0.429. The summed E-state index contributed by atoms with van der Waals surface area (Å²) in [5.41, 5.74) is 3.40. The minimum absolute atomic E-state index is 0.741. The van der Waals surface area contributed by atoms with Gasteiger partial charge in [0.25, 0.3) is 0 Å². The quantitative estimate of drug-likeness (QED) is 0.669. The fourth-order valence-electron chi connectivity index (χ4n) is 2.93. The average Bonchev–Trinajstić information content (AvgIpc) is 2.92. The van der Waals surface area contributed by atoms with Crippen LogP contribution < -0.4 is 4.90 Å². The molecule has 7 nitrogen and oxygen atoms in total. The van der Waals surface area contributed by atoms with Gasteiger partial charge < -0.3 is 4.90 Å². The maximum Gasteiger partial charge on any atom is 0.176 e. The Morgan fingerprint density at radius 2 is 2.10 bits per heavy atom. The summed E-state index contributed by atoms with van der Waals surface area (Å²) in [6.07, 6.45) is 4.13. The van der Waals surface area contributed by atoms with E-state index < -0.39 is 0 Å². The van der Waals surface area contributed by atoms with E-state index in [2.05, 4.69) is 25.2 Å². The number of aromatic nitrogens is 6. The van der Waals surface area contributed by atoms with Crippen LogP contribution in [0.2, 0.25) is 0 Å². The normalized spacial score (nSPS) is 15.2. The highest BCUT2D eigenvalue weighted by Gasteiger charge is 2.19. The predicted molar refractivity (Wildman–Crippen MR) is 78.1 cm³/mol. The van der Waals surface area contributed by atoms with Crippen LogP contribution in [0.5, 0.6) is 0 Å². The summed E-state index contributed by atoms with van der Waals surface area (Å²) in [4.78, 5) is 6.60. The number of anilines is 1. The van der Waals surface area contributed by atoms with Crippen LogP contribution in [-0.2, 0) is 20.0 Å². The van der Waals surface area contributed by atoms with Crippen molar-refractivity contribution in [3.8, 4) is 0 Å². The minimum atomic E-state index is 0.741. The first-order valence-corrected chi connectivity index (χ1v) is 7.16. The first-order valence-electron chi connectivity index (χ1n) is 7.16. The lowest BCUT2D eigenvalue weighted by molar-refractivity contribution is 0.677. The van der Waals surface area contributed by atoms with Crippen molar-refractivity contribution in [1.29, 1.82) is 0 Å². The maximum absolute atomic E-state index is 4.58. The minimum Gasteiger partial charge on any atom is -0.351 e. The lowest BCUT2D eigenvalue weighted by Crippen LogP contribution is -2.24. The second-order valence-corrected chi connectivity index (χ2v) is 5.46. The largest absolute Gasteiger partial charge is 0.351 e. The Morgan fingerprint density at radius 1 is 1.19 bits per heavy atom. The van der Waals surface area contributed by atoms with Crippen molar-refractivity contribution < 1.29 is 0 Å². The number of hydrogen-bond donors (Lipinski definition) is 0. The maximum atomic E-state index is 4.58. The number of fused-ring (bicyclic) bond motifs is 2. The van der Waals surface area contributed by atoms with Gasteiger partial charge in [0.1, 0.15) is 5.82 Å². The Bertz CT molecular complexity index is 801. The lowest BCUT2D eigenvalue weighted by atomic mass is 10.2. The van der Waals surface area contributed by atoms with Crippen LogP contribution in [0.1, 0.15) is 23.5 Å². The van der Waals surface area contributed by atoms with Crippen molar-refractivity contribution >= 4 is 11.5 Å². The topological polar surface area (TPSA) is 64.1 Å². The molecule has 4 rings (SSSR count). The van der Waals surface area contributed by atoms with Gasteiger partial charge in [0.15, 0.2) is 11.5 Å². The molecule has 4 heterocycles. The Hall–Kier alpha value is -2.44. The van der Waals surface area contributed by atoms with Crippen LogP contribution >= 0.6 is 0 Å². The van der Waals surface area contributed by atoms with Gasteiger partial charge in [0, 0.05) is 31.4 Å². The van der Waals surface area contributed by atoms with E-state index >= 15 is 0 Å². The first-order chi connectivity index (χ1) is 10.2. The van der Waals surface area contributed by atoms with Gasteiger partial charge in [-0.2, -0.15) is 5.10 Å². The fourth-order valence-corrected chi connectivity index (χ4v) is 2.93. The molecule has 0 saturated carbocycles. The molecule has 1 aliphatic heterocycles. The van der Waals surface area contributed by atoms with Gasteiger partial charge in [-0.05, 0) is 31.9 Å². The van der Waals surface area contributed by atoms with E-state index in [4.69, 9.17) is 0 Å². The van der Waals surface area contributed by atoms with E-state index in [1.54, 1.807) is 4.63 Å². The smallest absolute Gasteiger partial charge is 0.176 e. The van der Waals surface area contributed by atoms with Gasteiger partial charge in [-0.3, -0.25) is 4.68 Å². The third-order valence-electron chi connectivity index (χ3n) is 3.97. The Labute approximate surface area is 122 Å². The molecule has 1 aliphatic rings. The van der Waals surface area contributed by atoms with Crippen LogP contribution in [0.3, 0.4) is 0 Å². The van der Waals surface area contributed by atoms with Crippen molar-refractivity contribution in [2.45, 2.75) is 26.3 Å². The summed E-state index contributed by atoms with van der Waals surface area (Å²) in [5, 5.41) is 13.2. The van der Waals surface area contributed by atoms with E-state index in [0.29, 0.717) is 0 Å². The van der Waals surface area contributed by atoms with Crippen molar-refractivity contribution in [2.75, 3.05) is 11.4 Å². The van der Waals surface area contributed by atoms with E-state index in [9.17, 15) is 0 Å². The van der Waals surface area contributed by atoms with Gasteiger partial charge in [0.05, 0.1) is 6.20 Å². The molecule has 0 atom stereocenters.